The Bertz CT molecular complexity index is 3150. The summed E-state index contributed by atoms with van der Waals surface area (Å²) in [6.45, 7) is 4.74. The highest BCUT2D eigenvalue weighted by Crippen LogP contribution is 2.52. The van der Waals surface area contributed by atoms with Gasteiger partial charge in [0.15, 0.2) is 0 Å². The van der Waals surface area contributed by atoms with Crippen LogP contribution in [0.3, 0.4) is 0 Å². The SMILES string of the molecule is CC1(C)c2cc(-c3cccc4c3oc3ccccc34)ccc2-c2ccc(N(c3ccc(-c4cccc(-c5ccccc5)c4)cc3)c3cccc4ccccc34)cc21. The Morgan fingerprint density at radius 1 is 0.386 bits per heavy atom. The van der Waals surface area contributed by atoms with Crippen molar-refractivity contribution in [2.75, 3.05) is 4.90 Å². The van der Waals surface area contributed by atoms with Gasteiger partial charge in [-0.25, -0.2) is 0 Å². The van der Waals surface area contributed by atoms with E-state index in [9.17, 15) is 0 Å². The van der Waals surface area contributed by atoms with E-state index in [0.717, 1.165) is 44.6 Å². The van der Waals surface area contributed by atoms with E-state index in [4.69, 9.17) is 4.42 Å². The fourth-order valence-corrected chi connectivity index (χ4v) is 9.15. The predicted molar refractivity (Wildman–Crippen MR) is 240 cm³/mol. The smallest absolute Gasteiger partial charge is 0.143 e. The van der Waals surface area contributed by atoms with E-state index in [0.29, 0.717) is 0 Å². The summed E-state index contributed by atoms with van der Waals surface area (Å²) in [5, 5.41) is 4.74. The molecule has 0 saturated carbocycles. The molecule has 1 aliphatic carbocycles. The summed E-state index contributed by atoms with van der Waals surface area (Å²) in [6.07, 6.45) is 0. The van der Waals surface area contributed by atoms with Crippen LogP contribution in [0.15, 0.2) is 205 Å². The topological polar surface area (TPSA) is 16.4 Å². The van der Waals surface area contributed by atoms with Crippen molar-refractivity contribution in [1.82, 2.24) is 0 Å². The lowest BCUT2D eigenvalue weighted by Crippen LogP contribution is -2.17. The molecule has 2 nitrogen and oxygen atoms in total. The number of fused-ring (bicyclic) bond motifs is 7. The second-order valence-corrected chi connectivity index (χ2v) is 15.7. The van der Waals surface area contributed by atoms with Gasteiger partial charge in [0.25, 0.3) is 0 Å². The first-order valence-electron chi connectivity index (χ1n) is 19.8. The Morgan fingerprint density at radius 3 is 1.79 bits per heavy atom. The number of hydrogen-bond donors (Lipinski definition) is 0. The minimum atomic E-state index is -0.226. The molecule has 2 heteroatoms. The van der Waals surface area contributed by atoms with Gasteiger partial charge in [-0.3, -0.25) is 0 Å². The van der Waals surface area contributed by atoms with Crippen LogP contribution in [-0.2, 0) is 5.41 Å². The van der Waals surface area contributed by atoms with Crippen LogP contribution in [-0.4, -0.2) is 0 Å². The van der Waals surface area contributed by atoms with Gasteiger partial charge in [0.2, 0.25) is 0 Å². The third kappa shape index (κ3) is 5.40. The summed E-state index contributed by atoms with van der Waals surface area (Å²) in [5.41, 5.74) is 17.4. The molecule has 0 radical (unpaired) electrons. The molecule has 0 amide bonds. The van der Waals surface area contributed by atoms with E-state index in [-0.39, 0.29) is 5.41 Å². The normalized spacial score (nSPS) is 12.9. The first kappa shape index (κ1) is 33.2. The maximum Gasteiger partial charge on any atom is 0.143 e. The molecule has 0 unspecified atom stereocenters. The standard InChI is InChI=1S/C55H39NO/c1-55(2)50-34-41(45-21-12-22-49-48-20-8-9-24-53(48)57-54(45)49)27-31-46(50)47-32-30-43(35-51(47)55)56(52-23-11-16-38-15-6-7-19-44(38)52)42-28-25-37(26-29-42)40-18-10-17-39(33-40)36-13-4-3-5-14-36/h3-35H,1-2H3. The summed E-state index contributed by atoms with van der Waals surface area (Å²) < 4.78 is 6.48. The third-order valence-electron chi connectivity index (χ3n) is 12.1. The molecule has 0 spiro atoms. The van der Waals surface area contributed by atoms with E-state index >= 15 is 0 Å². The van der Waals surface area contributed by atoms with Gasteiger partial charge in [0.05, 0.1) is 5.69 Å². The maximum atomic E-state index is 6.48. The van der Waals surface area contributed by atoms with Gasteiger partial charge in [-0.05, 0) is 104 Å². The van der Waals surface area contributed by atoms with Crippen LogP contribution in [0.1, 0.15) is 25.0 Å². The minimum Gasteiger partial charge on any atom is -0.455 e. The quantitative estimate of drug-likeness (QED) is 0.169. The molecule has 1 aromatic heterocycles. The van der Waals surface area contributed by atoms with Crippen LogP contribution in [0.2, 0.25) is 0 Å². The van der Waals surface area contributed by atoms with Crippen LogP contribution in [0, 0.1) is 0 Å². The molecule has 57 heavy (non-hydrogen) atoms. The van der Waals surface area contributed by atoms with Crippen LogP contribution in [0.25, 0.3) is 77.2 Å². The van der Waals surface area contributed by atoms with Crippen molar-refractivity contribution in [3.8, 4) is 44.5 Å². The van der Waals surface area contributed by atoms with Gasteiger partial charge in [0.1, 0.15) is 11.2 Å². The number of nitrogens with zero attached hydrogens (tertiary/aromatic N) is 1. The van der Waals surface area contributed by atoms with Crippen molar-refractivity contribution >= 4 is 49.8 Å². The largest absolute Gasteiger partial charge is 0.455 e. The summed E-state index contributed by atoms with van der Waals surface area (Å²) in [7, 11) is 0. The molecule has 0 N–H and O–H groups in total. The summed E-state index contributed by atoms with van der Waals surface area (Å²) in [6, 6.07) is 72.6. The fourth-order valence-electron chi connectivity index (χ4n) is 9.15. The van der Waals surface area contributed by atoms with Gasteiger partial charge in [-0.2, -0.15) is 0 Å². The van der Waals surface area contributed by atoms with E-state index < -0.39 is 0 Å². The van der Waals surface area contributed by atoms with Gasteiger partial charge in [-0.1, -0.05) is 166 Å². The maximum absolute atomic E-state index is 6.48. The summed E-state index contributed by atoms with van der Waals surface area (Å²) >= 11 is 0. The number of para-hydroxylation sites is 2. The Labute approximate surface area is 332 Å². The van der Waals surface area contributed by atoms with Crippen molar-refractivity contribution < 1.29 is 4.42 Å². The Hall–Kier alpha value is -7.16. The molecular weight excluding hydrogens is 691 g/mol. The van der Waals surface area contributed by atoms with Gasteiger partial charge < -0.3 is 9.32 Å². The first-order chi connectivity index (χ1) is 28.0. The van der Waals surface area contributed by atoms with Crippen LogP contribution < -0.4 is 4.90 Å². The summed E-state index contributed by atoms with van der Waals surface area (Å²) in [4.78, 5) is 2.43. The number of hydrogen-bond acceptors (Lipinski definition) is 2. The number of benzene rings is 9. The van der Waals surface area contributed by atoms with E-state index in [1.54, 1.807) is 0 Å². The monoisotopic (exact) mass is 729 g/mol. The van der Waals surface area contributed by atoms with Crippen molar-refractivity contribution in [3.05, 3.63) is 211 Å². The number of furan rings is 1. The zero-order valence-corrected chi connectivity index (χ0v) is 31.9. The third-order valence-corrected chi connectivity index (χ3v) is 12.1. The lowest BCUT2D eigenvalue weighted by Gasteiger charge is -2.29. The zero-order chi connectivity index (χ0) is 38.1. The molecule has 0 bridgehead atoms. The average Bonchev–Trinajstić information content (AvgIpc) is 3.76. The van der Waals surface area contributed by atoms with Gasteiger partial charge >= 0.3 is 0 Å². The highest BCUT2D eigenvalue weighted by Gasteiger charge is 2.36. The number of anilines is 3. The van der Waals surface area contributed by atoms with Crippen molar-refractivity contribution in [1.29, 1.82) is 0 Å². The molecule has 1 aliphatic rings. The van der Waals surface area contributed by atoms with Crippen LogP contribution in [0.4, 0.5) is 17.1 Å². The average molecular weight is 730 g/mol. The zero-order valence-electron chi connectivity index (χ0n) is 31.9. The minimum absolute atomic E-state index is 0.226. The molecule has 0 aliphatic heterocycles. The second-order valence-electron chi connectivity index (χ2n) is 15.7. The molecule has 0 atom stereocenters. The molecule has 270 valence electrons. The summed E-state index contributed by atoms with van der Waals surface area (Å²) in [5.74, 6) is 0. The fraction of sp³-hybridized carbons (Fsp3) is 0.0545. The van der Waals surface area contributed by atoms with Crippen molar-refractivity contribution in [3.63, 3.8) is 0 Å². The van der Waals surface area contributed by atoms with E-state index in [1.807, 2.05) is 6.07 Å². The highest BCUT2D eigenvalue weighted by atomic mass is 16.3. The molecule has 11 rings (SSSR count). The second kappa shape index (κ2) is 13.0. The van der Waals surface area contributed by atoms with Crippen LogP contribution in [0.5, 0.6) is 0 Å². The molecular formula is C55H39NO. The molecule has 1 heterocycles. The Balaban J connectivity index is 1.01. The molecule has 0 saturated heterocycles. The van der Waals surface area contributed by atoms with E-state index in [1.165, 1.54) is 60.8 Å². The lowest BCUT2D eigenvalue weighted by molar-refractivity contribution is 0.660. The molecule has 10 aromatic rings. The Morgan fingerprint density at radius 2 is 0.965 bits per heavy atom. The lowest BCUT2D eigenvalue weighted by atomic mass is 9.81. The number of rotatable bonds is 6. The highest BCUT2D eigenvalue weighted by molar-refractivity contribution is 6.09. The van der Waals surface area contributed by atoms with Crippen LogP contribution >= 0.6 is 0 Å². The first-order valence-corrected chi connectivity index (χ1v) is 19.8. The van der Waals surface area contributed by atoms with E-state index in [2.05, 4.69) is 213 Å². The molecule has 9 aromatic carbocycles. The van der Waals surface area contributed by atoms with Gasteiger partial charge in [-0.15, -0.1) is 0 Å². The van der Waals surface area contributed by atoms with Crippen molar-refractivity contribution in [2.24, 2.45) is 0 Å². The molecule has 0 fully saturated rings. The Kier molecular flexibility index (Phi) is 7.55. The van der Waals surface area contributed by atoms with Crippen molar-refractivity contribution in [2.45, 2.75) is 19.3 Å². The predicted octanol–water partition coefficient (Wildman–Crippen LogP) is 15.5. The van der Waals surface area contributed by atoms with Gasteiger partial charge in [0, 0.05) is 38.5 Å².